The SMILES string of the molecule is COc1cc(C(C)C)ccc1N(C)CC(F)(F)F. The second kappa shape index (κ2) is 5.50. The molecule has 0 unspecified atom stereocenters. The summed E-state index contributed by atoms with van der Waals surface area (Å²) in [5.74, 6) is 0.772. The molecule has 102 valence electrons. The summed E-state index contributed by atoms with van der Waals surface area (Å²) in [6, 6.07) is 5.28. The molecule has 0 atom stereocenters. The Labute approximate surface area is 105 Å². The van der Waals surface area contributed by atoms with E-state index in [0.29, 0.717) is 17.4 Å². The van der Waals surface area contributed by atoms with E-state index in [-0.39, 0.29) is 0 Å². The summed E-state index contributed by atoms with van der Waals surface area (Å²) in [6.07, 6.45) is -4.23. The summed E-state index contributed by atoms with van der Waals surface area (Å²) in [7, 11) is 2.87. The molecule has 2 nitrogen and oxygen atoms in total. The van der Waals surface area contributed by atoms with Crippen LogP contribution in [0, 0.1) is 0 Å². The Balaban J connectivity index is 3.02. The number of hydrogen-bond acceptors (Lipinski definition) is 2. The van der Waals surface area contributed by atoms with Gasteiger partial charge in [0.05, 0.1) is 12.8 Å². The van der Waals surface area contributed by atoms with Gasteiger partial charge in [0.1, 0.15) is 12.3 Å². The second-order valence-corrected chi connectivity index (χ2v) is 4.56. The number of nitrogens with zero attached hydrogens (tertiary/aromatic N) is 1. The van der Waals surface area contributed by atoms with Crippen LogP contribution in [-0.2, 0) is 0 Å². The minimum Gasteiger partial charge on any atom is -0.495 e. The normalized spacial score (nSPS) is 11.8. The van der Waals surface area contributed by atoms with Gasteiger partial charge in [0, 0.05) is 7.05 Å². The fraction of sp³-hybridized carbons (Fsp3) is 0.538. The molecule has 0 N–H and O–H groups in total. The standard InChI is InChI=1S/C13H18F3NO/c1-9(2)10-5-6-11(12(7-10)18-4)17(3)8-13(14,15)16/h5-7,9H,8H2,1-4H3. The van der Waals surface area contributed by atoms with Crippen LogP contribution in [0.1, 0.15) is 25.3 Å². The fourth-order valence-corrected chi connectivity index (χ4v) is 1.72. The summed E-state index contributed by atoms with van der Waals surface area (Å²) < 4.78 is 42.2. The Bertz CT molecular complexity index is 402. The highest BCUT2D eigenvalue weighted by Crippen LogP contribution is 2.32. The predicted molar refractivity (Wildman–Crippen MR) is 66.4 cm³/mol. The van der Waals surface area contributed by atoms with E-state index >= 15 is 0 Å². The Morgan fingerprint density at radius 3 is 2.33 bits per heavy atom. The number of halogens is 3. The number of benzene rings is 1. The molecule has 0 saturated carbocycles. The quantitative estimate of drug-likeness (QED) is 0.817. The van der Waals surface area contributed by atoms with Gasteiger partial charge in [-0.05, 0) is 23.6 Å². The van der Waals surface area contributed by atoms with E-state index in [1.807, 2.05) is 19.9 Å². The Morgan fingerprint density at radius 2 is 1.89 bits per heavy atom. The van der Waals surface area contributed by atoms with Crippen molar-refractivity contribution in [1.29, 1.82) is 0 Å². The van der Waals surface area contributed by atoms with Crippen molar-refractivity contribution < 1.29 is 17.9 Å². The average molecular weight is 261 g/mol. The number of hydrogen-bond donors (Lipinski definition) is 0. The summed E-state index contributed by atoms with van der Waals surface area (Å²) in [4.78, 5) is 1.14. The van der Waals surface area contributed by atoms with Gasteiger partial charge in [-0.15, -0.1) is 0 Å². The smallest absolute Gasteiger partial charge is 0.405 e. The maximum Gasteiger partial charge on any atom is 0.405 e. The zero-order valence-corrected chi connectivity index (χ0v) is 11.0. The molecule has 5 heteroatoms. The lowest BCUT2D eigenvalue weighted by molar-refractivity contribution is -0.119. The molecule has 1 aromatic carbocycles. The minimum absolute atomic E-state index is 0.306. The fourth-order valence-electron chi connectivity index (χ4n) is 1.72. The van der Waals surface area contributed by atoms with Crippen molar-refractivity contribution in [3.05, 3.63) is 23.8 Å². The third-order valence-corrected chi connectivity index (χ3v) is 2.70. The first-order valence-corrected chi connectivity index (χ1v) is 5.70. The molecule has 18 heavy (non-hydrogen) atoms. The van der Waals surface area contributed by atoms with Crippen LogP contribution in [0.25, 0.3) is 0 Å². The highest BCUT2D eigenvalue weighted by atomic mass is 19.4. The zero-order valence-electron chi connectivity index (χ0n) is 11.0. The molecule has 0 aliphatic heterocycles. The van der Waals surface area contributed by atoms with Gasteiger partial charge in [0.25, 0.3) is 0 Å². The molecule has 0 aliphatic rings. The maximum atomic E-state index is 12.4. The summed E-state index contributed by atoms with van der Waals surface area (Å²) in [6.45, 7) is 3.05. The van der Waals surface area contributed by atoms with Crippen LogP contribution in [0.5, 0.6) is 5.75 Å². The number of ether oxygens (including phenoxy) is 1. The van der Waals surface area contributed by atoms with Crippen molar-refractivity contribution in [2.75, 3.05) is 25.6 Å². The highest BCUT2D eigenvalue weighted by Gasteiger charge is 2.30. The van der Waals surface area contributed by atoms with E-state index in [9.17, 15) is 13.2 Å². The lowest BCUT2D eigenvalue weighted by Gasteiger charge is -2.23. The molecular formula is C13H18F3NO. The van der Waals surface area contributed by atoms with E-state index in [4.69, 9.17) is 4.74 Å². The van der Waals surface area contributed by atoms with Crippen molar-refractivity contribution in [2.24, 2.45) is 0 Å². The van der Waals surface area contributed by atoms with Crippen LogP contribution in [0.2, 0.25) is 0 Å². The van der Waals surface area contributed by atoms with Gasteiger partial charge in [0.15, 0.2) is 0 Å². The minimum atomic E-state index is -4.23. The van der Waals surface area contributed by atoms with Gasteiger partial charge in [0.2, 0.25) is 0 Å². The van der Waals surface area contributed by atoms with E-state index < -0.39 is 12.7 Å². The molecule has 0 aliphatic carbocycles. The van der Waals surface area contributed by atoms with E-state index in [0.717, 1.165) is 10.5 Å². The van der Waals surface area contributed by atoms with Crippen LogP contribution < -0.4 is 9.64 Å². The van der Waals surface area contributed by atoms with Crippen molar-refractivity contribution in [2.45, 2.75) is 25.9 Å². The van der Waals surface area contributed by atoms with Crippen LogP contribution in [0.3, 0.4) is 0 Å². The van der Waals surface area contributed by atoms with Crippen LogP contribution in [0.15, 0.2) is 18.2 Å². The first-order valence-electron chi connectivity index (χ1n) is 5.70. The first-order chi connectivity index (χ1) is 8.24. The molecule has 1 rings (SSSR count). The Morgan fingerprint density at radius 1 is 1.28 bits per heavy atom. The van der Waals surface area contributed by atoms with Crippen molar-refractivity contribution in [3.8, 4) is 5.75 Å². The van der Waals surface area contributed by atoms with Gasteiger partial charge in [-0.25, -0.2) is 0 Å². The van der Waals surface area contributed by atoms with Crippen molar-refractivity contribution in [3.63, 3.8) is 0 Å². The highest BCUT2D eigenvalue weighted by molar-refractivity contribution is 5.59. The number of rotatable bonds is 4. The molecule has 0 radical (unpaired) electrons. The van der Waals surface area contributed by atoms with Gasteiger partial charge < -0.3 is 9.64 Å². The summed E-state index contributed by atoms with van der Waals surface area (Å²) >= 11 is 0. The largest absolute Gasteiger partial charge is 0.495 e. The monoisotopic (exact) mass is 261 g/mol. The molecule has 0 spiro atoms. The van der Waals surface area contributed by atoms with Gasteiger partial charge in [-0.2, -0.15) is 13.2 Å². The predicted octanol–water partition coefficient (Wildman–Crippen LogP) is 3.82. The van der Waals surface area contributed by atoms with Gasteiger partial charge >= 0.3 is 6.18 Å². The van der Waals surface area contributed by atoms with E-state index in [1.54, 1.807) is 12.1 Å². The molecule has 0 aromatic heterocycles. The van der Waals surface area contributed by atoms with Crippen molar-refractivity contribution in [1.82, 2.24) is 0 Å². The topological polar surface area (TPSA) is 12.5 Å². The molecule has 0 saturated heterocycles. The summed E-state index contributed by atoms with van der Waals surface area (Å²) in [5.41, 5.74) is 1.48. The van der Waals surface area contributed by atoms with Gasteiger partial charge in [-0.3, -0.25) is 0 Å². The molecule has 0 amide bonds. The molecule has 0 bridgehead atoms. The van der Waals surface area contributed by atoms with Crippen LogP contribution in [0.4, 0.5) is 18.9 Å². The van der Waals surface area contributed by atoms with Crippen LogP contribution >= 0.6 is 0 Å². The molecular weight excluding hydrogens is 243 g/mol. The lowest BCUT2D eigenvalue weighted by Crippen LogP contribution is -2.31. The Hall–Kier alpha value is -1.39. The van der Waals surface area contributed by atoms with Crippen LogP contribution in [-0.4, -0.2) is 26.9 Å². The van der Waals surface area contributed by atoms with Crippen molar-refractivity contribution >= 4 is 5.69 Å². The first kappa shape index (κ1) is 14.7. The maximum absolute atomic E-state index is 12.4. The Kier molecular flexibility index (Phi) is 4.48. The number of alkyl halides is 3. The lowest BCUT2D eigenvalue weighted by atomic mass is 10.0. The van der Waals surface area contributed by atoms with Gasteiger partial charge in [-0.1, -0.05) is 19.9 Å². The second-order valence-electron chi connectivity index (χ2n) is 4.56. The molecule has 1 aromatic rings. The molecule has 0 fully saturated rings. The van der Waals surface area contributed by atoms with E-state index in [2.05, 4.69) is 0 Å². The third kappa shape index (κ3) is 3.82. The third-order valence-electron chi connectivity index (χ3n) is 2.70. The summed E-state index contributed by atoms with van der Waals surface area (Å²) in [5, 5.41) is 0. The van der Waals surface area contributed by atoms with E-state index in [1.165, 1.54) is 14.2 Å². The number of methoxy groups -OCH3 is 1. The average Bonchev–Trinajstić information content (AvgIpc) is 2.25. The zero-order chi connectivity index (χ0) is 13.9. The molecule has 0 heterocycles. The number of anilines is 1.